The molecular formula is C23H29N3O3. The molecular weight excluding hydrogens is 366 g/mol. The van der Waals surface area contributed by atoms with Gasteiger partial charge in [0.1, 0.15) is 11.4 Å². The minimum absolute atomic E-state index is 0.0388. The lowest BCUT2D eigenvalue weighted by Crippen LogP contribution is -2.55. The van der Waals surface area contributed by atoms with E-state index in [9.17, 15) is 5.11 Å². The molecule has 0 unspecified atom stereocenters. The van der Waals surface area contributed by atoms with Gasteiger partial charge in [-0.25, -0.2) is 0 Å². The number of methoxy groups -OCH3 is 2. The fourth-order valence-corrected chi connectivity index (χ4v) is 4.29. The van der Waals surface area contributed by atoms with Crippen LogP contribution >= 0.6 is 0 Å². The Morgan fingerprint density at radius 3 is 2.45 bits per heavy atom. The second-order valence-corrected chi connectivity index (χ2v) is 7.92. The van der Waals surface area contributed by atoms with Crippen molar-refractivity contribution in [2.45, 2.75) is 31.0 Å². The maximum Gasteiger partial charge on any atom is 0.162 e. The minimum atomic E-state index is -0.319. The number of hydrogen-bond acceptors (Lipinski definition) is 6. The fraction of sp³-hybridized carbons (Fsp3) is 0.435. The molecule has 29 heavy (non-hydrogen) atoms. The summed E-state index contributed by atoms with van der Waals surface area (Å²) in [4.78, 5) is 7.54. The molecule has 1 fully saturated rings. The number of hydrogen-bond donors (Lipinski definition) is 2. The van der Waals surface area contributed by atoms with Crippen LogP contribution < -0.4 is 14.8 Å². The Labute approximate surface area is 172 Å². The lowest BCUT2D eigenvalue weighted by molar-refractivity contribution is 0.144. The molecule has 2 N–H and O–H groups in total. The van der Waals surface area contributed by atoms with E-state index in [1.807, 2.05) is 24.3 Å². The van der Waals surface area contributed by atoms with Crippen LogP contribution in [0, 0.1) is 0 Å². The first kappa shape index (κ1) is 19.7. The van der Waals surface area contributed by atoms with E-state index in [-0.39, 0.29) is 17.5 Å². The predicted molar refractivity (Wildman–Crippen MR) is 114 cm³/mol. The number of piperidine rings is 1. The van der Waals surface area contributed by atoms with Gasteiger partial charge in [-0.15, -0.1) is 0 Å². The second-order valence-electron chi connectivity index (χ2n) is 7.92. The van der Waals surface area contributed by atoms with Gasteiger partial charge >= 0.3 is 0 Å². The van der Waals surface area contributed by atoms with Crippen molar-refractivity contribution < 1.29 is 14.6 Å². The van der Waals surface area contributed by atoms with E-state index < -0.39 is 0 Å². The number of nitrogens with one attached hydrogen (secondary N) is 1. The molecule has 2 aromatic carbocycles. The summed E-state index contributed by atoms with van der Waals surface area (Å²) in [7, 11) is 5.40. The van der Waals surface area contributed by atoms with Crippen LogP contribution in [0.15, 0.2) is 47.5 Å². The van der Waals surface area contributed by atoms with Crippen molar-refractivity contribution in [1.29, 1.82) is 0 Å². The van der Waals surface area contributed by atoms with Gasteiger partial charge in [-0.3, -0.25) is 10.3 Å². The normalized spacial score (nSPS) is 21.6. The quantitative estimate of drug-likeness (QED) is 0.831. The molecule has 4 rings (SSSR count). The highest BCUT2D eigenvalue weighted by Gasteiger charge is 2.40. The molecule has 1 saturated heterocycles. The summed E-state index contributed by atoms with van der Waals surface area (Å²) in [6.45, 7) is 1.98. The Morgan fingerprint density at radius 1 is 1.07 bits per heavy atom. The smallest absolute Gasteiger partial charge is 0.162 e. The van der Waals surface area contributed by atoms with Gasteiger partial charge in [0.05, 0.1) is 14.2 Å². The molecule has 0 aromatic heterocycles. The Morgan fingerprint density at radius 2 is 1.79 bits per heavy atom. The van der Waals surface area contributed by atoms with E-state index in [0.29, 0.717) is 12.2 Å². The highest BCUT2D eigenvalue weighted by molar-refractivity contribution is 6.02. The highest BCUT2D eigenvalue weighted by atomic mass is 16.5. The van der Waals surface area contributed by atoms with Crippen LogP contribution in [0.3, 0.4) is 0 Å². The summed E-state index contributed by atoms with van der Waals surface area (Å²) in [5.41, 5.74) is 2.69. The number of para-hydroxylation sites is 1. The first-order valence-electron chi connectivity index (χ1n) is 10.1. The fourth-order valence-electron chi connectivity index (χ4n) is 4.29. The van der Waals surface area contributed by atoms with Gasteiger partial charge in [-0.2, -0.15) is 0 Å². The standard InChI is InChI=1S/C23H29N3O3/c1-26-13-11-23(12-14-26)24-19(16-7-9-17(28-2)10-8-16)15-20(25-23)18-5-4-6-21(29-3)22(18)27/h4-10,20,25,27H,11-15H2,1-3H3/t20-/m0/s1. The molecule has 2 heterocycles. The number of aliphatic imine (C=N–C) groups is 1. The van der Waals surface area contributed by atoms with Gasteiger partial charge in [0.25, 0.3) is 0 Å². The summed E-state index contributed by atoms with van der Waals surface area (Å²) >= 11 is 0. The Kier molecular flexibility index (Phi) is 5.48. The number of phenolic OH excluding ortho intramolecular Hbond substituents is 1. The number of benzene rings is 2. The first-order chi connectivity index (χ1) is 14.0. The molecule has 0 radical (unpaired) electrons. The largest absolute Gasteiger partial charge is 0.504 e. The lowest BCUT2D eigenvalue weighted by atomic mass is 9.87. The molecule has 0 saturated carbocycles. The number of rotatable bonds is 4. The molecule has 2 aliphatic rings. The molecule has 0 bridgehead atoms. The summed E-state index contributed by atoms with van der Waals surface area (Å²) in [6.07, 6.45) is 2.57. The van der Waals surface area contributed by atoms with Crippen molar-refractivity contribution in [1.82, 2.24) is 10.2 Å². The third kappa shape index (κ3) is 3.95. The number of phenols is 1. The average Bonchev–Trinajstić information content (AvgIpc) is 2.76. The summed E-state index contributed by atoms with van der Waals surface area (Å²) in [5, 5.41) is 14.5. The molecule has 2 aromatic rings. The molecule has 6 nitrogen and oxygen atoms in total. The van der Waals surface area contributed by atoms with Crippen LogP contribution in [-0.2, 0) is 0 Å². The molecule has 1 atom stereocenters. The number of nitrogens with zero attached hydrogens (tertiary/aromatic N) is 2. The van der Waals surface area contributed by atoms with Gasteiger partial charge < -0.3 is 19.5 Å². The Hall–Kier alpha value is -2.57. The van der Waals surface area contributed by atoms with Crippen LogP contribution in [0.2, 0.25) is 0 Å². The zero-order valence-electron chi connectivity index (χ0n) is 17.3. The van der Waals surface area contributed by atoms with Crippen LogP contribution in [0.5, 0.6) is 17.2 Å². The van der Waals surface area contributed by atoms with Crippen molar-refractivity contribution in [2.75, 3.05) is 34.4 Å². The average molecular weight is 396 g/mol. The maximum atomic E-state index is 10.8. The van der Waals surface area contributed by atoms with Crippen molar-refractivity contribution in [3.8, 4) is 17.2 Å². The van der Waals surface area contributed by atoms with E-state index in [2.05, 4.69) is 29.4 Å². The molecule has 2 aliphatic heterocycles. The predicted octanol–water partition coefficient (Wildman–Crippen LogP) is 3.36. The number of aromatic hydroxyl groups is 1. The molecule has 0 aliphatic carbocycles. The first-order valence-corrected chi connectivity index (χ1v) is 10.1. The third-order valence-electron chi connectivity index (χ3n) is 6.05. The minimum Gasteiger partial charge on any atom is -0.504 e. The lowest BCUT2D eigenvalue weighted by Gasteiger charge is -2.44. The summed E-state index contributed by atoms with van der Waals surface area (Å²) < 4.78 is 10.6. The molecule has 1 spiro atoms. The second kappa shape index (κ2) is 8.05. The Bertz CT molecular complexity index is 887. The van der Waals surface area contributed by atoms with Crippen LogP contribution in [0.4, 0.5) is 0 Å². The van der Waals surface area contributed by atoms with E-state index in [0.717, 1.165) is 48.5 Å². The molecule has 0 amide bonds. The monoisotopic (exact) mass is 395 g/mol. The van der Waals surface area contributed by atoms with E-state index >= 15 is 0 Å². The van der Waals surface area contributed by atoms with Gasteiger partial charge in [0, 0.05) is 36.8 Å². The van der Waals surface area contributed by atoms with Crippen molar-refractivity contribution in [3.63, 3.8) is 0 Å². The molecule has 6 heteroatoms. The van der Waals surface area contributed by atoms with Crippen molar-refractivity contribution in [3.05, 3.63) is 53.6 Å². The zero-order valence-corrected chi connectivity index (χ0v) is 17.3. The van der Waals surface area contributed by atoms with E-state index in [4.69, 9.17) is 14.5 Å². The van der Waals surface area contributed by atoms with Crippen molar-refractivity contribution >= 4 is 5.71 Å². The van der Waals surface area contributed by atoms with Crippen LogP contribution in [0.1, 0.15) is 36.4 Å². The summed E-state index contributed by atoms with van der Waals surface area (Å²) in [6, 6.07) is 13.7. The van der Waals surface area contributed by atoms with Gasteiger partial charge in [0.15, 0.2) is 11.5 Å². The summed E-state index contributed by atoms with van der Waals surface area (Å²) in [5.74, 6) is 1.53. The van der Waals surface area contributed by atoms with Crippen LogP contribution in [0.25, 0.3) is 0 Å². The highest BCUT2D eigenvalue weighted by Crippen LogP contribution is 2.40. The molecule has 154 valence electrons. The number of likely N-dealkylation sites (tertiary alicyclic amines) is 1. The SMILES string of the molecule is COc1ccc(C2=NC3(CCN(C)CC3)N[C@H](c3cccc(OC)c3O)C2)cc1. The van der Waals surface area contributed by atoms with Gasteiger partial charge in [0.2, 0.25) is 0 Å². The van der Waals surface area contributed by atoms with Crippen LogP contribution in [-0.4, -0.2) is 55.7 Å². The third-order valence-corrected chi connectivity index (χ3v) is 6.05. The maximum absolute atomic E-state index is 10.8. The number of ether oxygens (including phenoxy) is 2. The topological polar surface area (TPSA) is 66.3 Å². The van der Waals surface area contributed by atoms with Gasteiger partial charge in [-0.1, -0.05) is 12.1 Å². The zero-order chi connectivity index (χ0) is 20.4. The van der Waals surface area contributed by atoms with E-state index in [1.165, 1.54) is 0 Å². The van der Waals surface area contributed by atoms with E-state index in [1.54, 1.807) is 20.3 Å². The van der Waals surface area contributed by atoms with Gasteiger partial charge in [-0.05, 0) is 55.8 Å². The van der Waals surface area contributed by atoms with Crippen molar-refractivity contribution in [2.24, 2.45) is 4.99 Å². The Balaban J connectivity index is 1.73.